The topological polar surface area (TPSA) is 117 Å². The number of hydrogen-bond acceptors (Lipinski definition) is 8. The molecule has 2 aromatic rings. The van der Waals surface area contributed by atoms with Gasteiger partial charge in [0.1, 0.15) is 18.2 Å². The number of amides is 2. The summed E-state index contributed by atoms with van der Waals surface area (Å²) in [5.41, 5.74) is 5.34. The predicted octanol–water partition coefficient (Wildman–Crippen LogP) is 4.26. The molecule has 3 N–H and O–H groups in total. The fourth-order valence-electron chi connectivity index (χ4n) is 5.53. The number of nitrogens with one attached hydrogen (secondary N) is 3. The van der Waals surface area contributed by atoms with Crippen LogP contribution in [0.4, 0.5) is 5.82 Å². The van der Waals surface area contributed by atoms with Gasteiger partial charge in [-0.05, 0) is 78.2 Å². The molecule has 0 bridgehead atoms. The van der Waals surface area contributed by atoms with Crippen LogP contribution in [0.5, 0.6) is 5.75 Å². The quantitative estimate of drug-likeness (QED) is 0.264. The third-order valence-corrected chi connectivity index (χ3v) is 8.32. The zero-order valence-corrected chi connectivity index (χ0v) is 25.8. The maximum atomic E-state index is 13.1. The average molecular weight is 638 g/mol. The van der Waals surface area contributed by atoms with Gasteiger partial charge in [0, 0.05) is 60.0 Å². The Balaban J connectivity index is 1.05. The Bertz CT molecular complexity index is 1410. The van der Waals surface area contributed by atoms with Crippen LogP contribution in [-0.4, -0.2) is 66.7 Å². The number of pyridine rings is 1. The minimum Gasteiger partial charge on any atom is -0.497 e. The lowest BCUT2D eigenvalue weighted by Gasteiger charge is -2.27. The number of fused-ring (bicyclic) bond motifs is 1. The van der Waals surface area contributed by atoms with E-state index in [0.29, 0.717) is 24.5 Å². The average Bonchev–Trinajstić information content (AvgIpc) is 3.45. The van der Waals surface area contributed by atoms with E-state index < -0.39 is 5.92 Å². The second-order valence-electron chi connectivity index (χ2n) is 10.8. The van der Waals surface area contributed by atoms with Crippen molar-refractivity contribution in [3.63, 3.8) is 0 Å². The molecule has 42 heavy (non-hydrogen) atoms. The second kappa shape index (κ2) is 13.5. The van der Waals surface area contributed by atoms with E-state index in [9.17, 15) is 9.59 Å². The van der Waals surface area contributed by atoms with Crippen molar-refractivity contribution in [3.05, 3.63) is 75.0 Å². The van der Waals surface area contributed by atoms with Crippen LogP contribution in [0.1, 0.15) is 50.2 Å². The normalized spacial score (nSPS) is 21.2. The first-order valence-electron chi connectivity index (χ1n) is 14.3. The summed E-state index contributed by atoms with van der Waals surface area (Å²) in [5.74, 6) is 0.739. The van der Waals surface area contributed by atoms with E-state index in [4.69, 9.17) is 9.57 Å². The van der Waals surface area contributed by atoms with Gasteiger partial charge < -0.3 is 30.4 Å². The first-order chi connectivity index (χ1) is 20.3. The maximum Gasteiger partial charge on any atom is 0.249 e. The van der Waals surface area contributed by atoms with Crippen molar-refractivity contribution in [2.24, 2.45) is 5.16 Å². The molecule has 222 valence electrons. The van der Waals surface area contributed by atoms with Crippen LogP contribution in [0, 0.1) is 0 Å². The van der Waals surface area contributed by atoms with Gasteiger partial charge in [0.15, 0.2) is 0 Å². The van der Waals surface area contributed by atoms with E-state index in [1.54, 1.807) is 13.3 Å². The number of carbonyl (C=O) groups is 2. The van der Waals surface area contributed by atoms with Gasteiger partial charge >= 0.3 is 0 Å². The second-order valence-corrected chi connectivity index (χ2v) is 11.7. The molecule has 0 saturated carbocycles. The maximum absolute atomic E-state index is 13.1. The first kappa shape index (κ1) is 29.8. The number of ether oxygens (including phenoxy) is 1. The van der Waals surface area contributed by atoms with E-state index in [-0.39, 0.29) is 17.9 Å². The standard InChI is InChI=1S/C31H37BrN6O4/c1-19-27(16-26-25-15-22(32)17-34-29(25)36-30(26)39)35-20(2)28(19)31(40)33-11-4-12-38-13-9-23(10-14-38)37-42-18-21-5-7-24(41-3)8-6-21/h5-8,15-17,20,26,35H,4,9-14,18H2,1-3H3,(H,33,40)(H,34,36,39)/b27-16-. The number of rotatable bonds is 10. The molecule has 1 aromatic carbocycles. The number of nitrogens with zero attached hydrogens (tertiary/aromatic N) is 3. The molecule has 1 saturated heterocycles. The molecule has 0 radical (unpaired) electrons. The van der Waals surface area contributed by atoms with Crippen LogP contribution < -0.4 is 20.7 Å². The SMILES string of the molecule is COc1ccc(CON=C2CCN(CCCNC(=O)C3=C(C)/C(=C/C4C(=O)Nc5ncc(Br)cc54)NC3C)CC2)cc1. The third kappa shape index (κ3) is 7.01. The molecule has 0 aliphatic carbocycles. The monoisotopic (exact) mass is 636 g/mol. The van der Waals surface area contributed by atoms with E-state index in [1.807, 2.05) is 50.3 Å². The van der Waals surface area contributed by atoms with Gasteiger partial charge in [-0.3, -0.25) is 9.59 Å². The molecular formula is C31H37BrN6O4. The lowest BCUT2D eigenvalue weighted by atomic mass is 9.99. The summed E-state index contributed by atoms with van der Waals surface area (Å²) in [4.78, 5) is 38.0. The number of likely N-dealkylation sites (tertiary alicyclic amines) is 1. The minimum absolute atomic E-state index is 0.0707. The molecule has 5 rings (SSSR count). The summed E-state index contributed by atoms with van der Waals surface area (Å²) >= 11 is 3.44. The number of piperidine rings is 1. The fourth-order valence-corrected chi connectivity index (χ4v) is 5.88. The molecule has 4 heterocycles. The Morgan fingerprint density at radius 1 is 1.26 bits per heavy atom. The Morgan fingerprint density at radius 2 is 2.02 bits per heavy atom. The highest BCUT2D eigenvalue weighted by atomic mass is 79.9. The first-order valence-corrected chi connectivity index (χ1v) is 15.1. The summed E-state index contributed by atoms with van der Waals surface area (Å²) in [6.45, 7) is 7.71. The Kier molecular flexibility index (Phi) is 9.58. The van der Waals surface area contributed by atoms with Crippen LogP contribution >= 0.6 is 15.9 Å². The van der Waals surface area contributed by atoms with Crippen molar-refractivity contribution in [3.8, 4) is 5.75 Å². The summed E-state index contributed by atoms with van der Waals surface area (Å²) in [7, 11) is 1.65. The molecule has 10 nitrogen and oxygen atoms in total. The van der Waals surface area contributed by atoms with Gasteiger partial charge in [0.25, 0.3) is 0 Å². The number of hydrogen-bond donors (Lipinski definition) is 3. The van der Waals surface area contributed by atoms with Crippen LogP contribution in [0.3, 0.4) is 0 Å². The molecule has 3 aliphatic rings. The zero-order valence-electron chi connectivity index (χ0n) is 24.2. The highest BCUT2D eigenvalue weighted by Crippen LogP contribution is 2.36. The third-order valence-electron chi connectivity index (χ3n) is 7.89. The Hall–Kier alpha value is -3.70. The number of carbonyl (C=O) groups excluding carboxylic acids is 2. The van der Waals surface area contributed by atoms with Crippen molar-refractivity contribution in [1.29, 1.82) is 0 Å². The van der Waals surface area contributed by atoms with Crippen LogP contribution in [-0.2, 0) is 21.0 Å². The van der Waals surface area contributed by atoms with Gasteiger partial charge in [0.05, 0.1) is 24.8 Å². The predicted molar refractivity (Wildman–Crippen MR) is 165 cm³/mol. The van der Waals surface area contributed by atoms with Crippen molar-refractivity contribution < 1.29 is 19.2 Å². The van der Waals surface area contributed by atoms with Crippen molar-refractivity contribution in [2.45, 2.75) is 51.7 Å². The number of halogens is 1. The van der Waals surface area contributed by atoms with Gasteiger partial charge in [-0.25, -0.2) is 4.98 Å². The van der Waals surface area contributed by atoms with E-state index in [1.165, 1.54) is 0 Å². The fraction of sp³-hybridized carbons (Fsp3) is 0.419. The van der Waals surface area contributed by atoms with Crippen LogP contribution in [0.25, 0.3) is 0 Å². The van der Waals surface area contributed by atoms with Crippen molar-refractivity contribution >= 4 is 39.3 Å². The molecule has 1 aromatic heterocycles. The lowest BCUT2D eigenvalue weighted by Crippen LogP contribution is -2.37. The highest BCUT2D eigenvalue weighted by molar-refractivity contribution is 9.10. The molecule has 2 atom stereocenters. The lowest BCUT2D eigenvalue weighted by molar-refractivity contribution is -0.118. The molecule has 11 heteroatoms. The number of benzene rings is 1. The number of anilines is 1. The molecule has 1 fully saturated rings. The van der Waals surface area contributed by atoms with E-state index in [0.717, 1.165) is 77.2 Å². The van der Waals surface area contributed by atoms with Gasteiger partial charge in [-0.15, -0.1) is 0 Å². The smallest absolute Gasteiger partial charge is 0.249 e. The Labute approximate surface area is 254 Å². The number of oxime groups is 1. The zero-order chi connectivity index (χ0) is 29.6. The summed E-state index contributed by atoms with van der Waals surface area (Å²) in [5, 5.41) is 13.7. The molecule has 0 spiro atoms. The largest absolute Gasteiger partial charge is 0.497 e. The summed E-state index contributed by atoms with van der Waals surface area (Å²) < 4.78 is 6.00. The minimum atomic E-state index is -0.466. The van der Waals surface area contributed by atoms with Crippen molar-refractivity contribution in [2.75, 3.05) is 38.6 Å². The molecule has 2 unspecified atom stereocenters. The summed E-state index contributed by atoms with van der Waals surface area (Å²) in [6.07, 6.45) is 6.19. The highest BCUT2D eigenvalue weighted by Gasteiger charge is 2.34. The van der Waals surface area contributed by atoms with E-state index >= 15 is 0 Å². The number of methoxy groups -OCH3 is 1. The molecule has 3 aliphatic heterocycles. The molecule has 2 amide bonds. The van der Waals surface area contributed by atoms with Gasteiger partial charge in [-0.1, -0.05) is 17.3 Å². The number of aromatic nitrogens is 1. The van der Waals surface area contributed by atoms with Gasteiger partial charge in [-0.2, -0.15) is 0 Å². The number of allylic oxidation sites excluding steroid dienone is 1. The van der Waals surface area contributed by atoms with Crippen LogP contribution in [0.2, 0.25) is 0 Å². The molecular weight excluding hydrogens is 600 g/mol. The summed E-state index contributed by atoms with van der Waals surface area (Å²) in [6, 6.07) is 9.54. The van der Waals surface area contributed by atoms with Gasteiger partial charge in [0.2, 0.25) is 11.8 Å². The van der Waals surface area contributed by atoms with Crippen molar-refractivity contribution in [1.82, 2.24) is 20.5 Å². The van der Waals surface area contributed by atoms with Crippen LogP contribution in [0.15, 0.2) is 69.1 Å². The van der Waals surface area contributed by atoms with E-state index in [2.05, 4.69) is 46.9 Å². The Morgan fingerprint density at radius 3 is 2.76 bits per heavy atom.